The first-order valence-electron chi connectivity index (χ1n) is 10.3. The zero-order valence-electron chi connectivity index (χ0n) is 18.9. The molecule has 2 amide bonds. The third-order valence-corrected chi connectivity index (χ3v) is 8.60. The van der Waals surface area contributed by atoms with E-state index in [1.807, 2.05) is 6.92 Å². The van der Waals surface area contributed by atoms with Gasteiger partial charge in [-0.3, -0.25) is 14.5 Å². The molecule has 0 saturated carbocycles. The maximum absolute atomic E-state index is 13.2. The third-order valence-electron chi connectivity index (χ3n) is 5.29. The molecule has 35 heavy (non-hydrogen) atoms. The van der Waals surface area contributed by atoms with Gasteiger partial charge in [-0.25, -0.2) is 14.2 Å². The quantitative estimate of drug-likeness (QED) is 0.204. The Hall–Kier alpha value is -2.70. The number of tetrazole rings is 2. The lowest BCUT2D eigenvalue weighted by atomic mass is 9.98. The molecule has 2 aliphatic rings. The number of aromatic nitrogens is 8. The highest BCUT2D eigenvalue weighted by atomic mass is 32.2. The van der Waals surface area contributed by atoms with E-state index in [9.17, 15) is 19.5 Å². The molecule has 188 valence electrons. The number of fused-ring (bicyclic) bond motifs is 1. The number of hydrogen-bond donors (Lipinski definition) is 2. The van der Waals surface area contributed by atoms with Gasteiger partial charge in [0.25, 0.3) is 11.6 Å². The summed E-state index contributed by atoms with van der Waals surface area (Å²) in [7, 11) is 1.31. The Balaban J connectivity index is 1.43. The van der Waals surface area contributed by atoms with Gasteiger partial charge >= 0.3 is 5.97 Å². The van der Waals surface area contributed by atoms with Gasteiger partial charge in [0.05, 0.1) is 11.6 Å². The third kappa shape index (κ3) is 4.74. The van der Waals surface area contributed by atoms with Gasteiger partial charge in [0, 0.05) is 25.2 Å². The van der Waals surface area contributed by atoms with Crippen molar-refractivity contribution < 1.29 is 24.2 Å². The molecule has 2 N–H and O–H groups in total. The number of nitrogens with zero attached hydrogens (tertiary/aromatic N) is 9. The molecule has 2 aromatic rings. The zero-order valence-corrected chi connectivity index (χ0v) is 21.4. The maximum atomic E-state index is 13.2. The van der Waals surface area contributed by atoms with E-state index in [1.165, 1.54) is 47.3 Å². The highest BCUT2D eigenvalue weighted by molar-refractivity contribution is 8.01. The number of thioether (sulfide) groups is 3. The molecular weight excluding hydrogens is 520 g/mol. The van der Waals surface area contributed by atoms with Crippen LogP contribution >= 0.6 is 35.3 Å². The van der Waals surface area contributed by atoms with E-state index in [4.69, 9.17) is 4.74 Å². The van der Waals surface area contributed by atoms with Crippen molar-refractivity contribution in [3.05, 3.63) is 17.1 Å². The van der Waals surface area contributed by atoms with Crippen LogP contribution in [-0.4, -0.2) is 104 Å². The van der Waals surface area contributed by atoms with Gasteiger partial charge in [-0.05, 0) is 40.3 Å². The Morgan fingerprint density at radius 2 is 2.03 bits per heavy atom. The molecule has 4 rings (SSSR count). The molecule has 1 saturated heterocycles. The number of carboxylic acids is 1. The molecule has 1 fully saturated rings. The average Bonchev–Trinajstić information content (AvgIpc) is 3.48. The average molecular weight is 543 g/mol. The number of aliphatic carboxylic acids is 1. The molecule has 2 aromatic heterocycles. The summed E-state index contributed by atoms with van der Waals surface area (Å²) in [5.41, 5.74) is -1.18. The lowest BCUT2D eigenvalue weighted by molar-refractivity contribution is -0.192. The fourth-order valence-electron chi connectivity index (χ4n) is 3.54. The van der Waals surface area contributed by atoms with Crippen molar-refractivity contribution in [2.75, 3.05) is 24.4 Å². The predicted octanol–water partition coefficient (Wildman–Crippen LogP) is -0.816. The lowest BCUT2D eigenvalue weighted by Gasteiger charge is -2.55. The highest BCUT2D eigenvalue weighted by Gasteiger charge is 2.66. The number of hydrogen-bond acceptors (Lipinski definition) is 13. The second-order valence-electron chi connectivity index (χ2n) is 7.35. The van der Waals surface area contributed by atoms with Crippen molar-refractivity contribution in [1.82, 2.24) is 50.6 Å². The van der Waals surface area contributed by atoms with Gasteiger partial charge in [0.2, 0.25) is 11.1 Å². The van der Waals surface area contributed by atoms with Gasteiger partial charge in [-0.2, -0.15) is 0 Å². The Morgan fingerprint density at radius 3 is 2.69 bits per heavy atom. The number of carbonyl (C=O) groups is 3. The van der Waals surface area contributed by atoms with Crippen LogP contribution < -0.4 is 5.32 Å². The number of methoxy groups -OCH3 is 1. The summed E-state index contributed by atoms with van der Waals surface area (Å²) in [6, 6.07) is 0. The van der Waals surface area contributed by atoms with Crippen molar-refractivity contribution in [3.63, 3.8) is 0 Å². The van der Waals surface area contributed by atoms with Crippen LogP contribution in [0, 0.1) is 6.92 Å². The van der Waals surface area contributed by atoms with Crippen molar-refractivity contribution in [1.29, 1.82) is 0 Å². The van der Waals surface area contributed by atoms with Gasteiger partial charge < -0.3 is 15.2 Å². The fourth-order valence-corrected chi connectivity index (χ4v) is 6.82. The van der Waals surface area contributed by atoms with Crippen LogP contribution in [0.4, 0.5) is 0 Å². The molecule has 0 aliphatic carbocycles. The molecule has 15 nitrogen and oxygen atoms in total. The Bertz CT molecular complexity index is 1170. The minimum Gasteiger partial charge on any atom is -0.477 e. The minimum absolute atomic E-state index is 0.0325. The largest absolute Gasteiger partial charge is 0.477 e. The standard InChI is InChI=1S/C17H22N10O5S3/c1-4-25-16(20-22-23-25)35-6-10-5-34-15-17(32-3,14(31)27(15)12(10)13(29)30)18-11(28)7-33-8-26-9(2)19-21-24-26/h15H,4-8H2,1-3H3,(H,18,28)(H,29,30). The van der Waals surface area contributed by atoms with Crippen LogP contribution in [0.1, 0.15) is 12.7 Å². The topological polar surface area (TPSA) is 183 Å². The van der Waals surface area contributed by atoms with Crippen LogP contribution in [0.5, 0.6) is 0 Å². The maximum Gasteiger partial charge on any atom is 0.352 e. The number of aryl methyl sites for hydroxylation is 2. The van der Waals surface area contributed by atoms with E-state index in [2.05, 4.69) is 36.4 Å². The SMILES string of the molecule is CCn1nnnc1SCC1=C(C(=O)O)N2C(=O)C(NC(=O)CSCn3nnnc3C)(OC)C2SC1. The molecule has 2 aliphatic heterocycles. The number of rotatable bonds is 11. The van der Waals surface area contributed by atoms with E-state index < -0.39 is 28.9 Å². The summed E-state index contributed by atoms with van der Waals surface area (Å²) in [6.07, 6.45) is 0. The van der Waals surface area contributed by atoms with E-state index in [0.29, 0.717) is 40.5 Å². The molecular formula is C17H22N10O5S3. The van der Waals surface area contributed by atoms with E-state index in [1.54, 1.807) is 16.3 Å². The molecule has 0 radical (unpaired) electrons. The van der Waals surface area contributed by atoms with E-state index in [-0.39, 0.29) is 11.4 Å². The Labute approximate surface area is 211 Å². The van der Waals surface area contributed by atoms with Crippen LogP contribution in [0.2, 0.25) is 0 Å². The van der Waals surface area contributed by atoms with Crippen LogP contribution in [0.15, 0.2) is 16.4 Å². The molecule has 0 spiro atoms. The van der Waals surface area contributed by atoms with E-state index in [0.717, 1.165) is 0 Å². The highest BCUT2D eigenvalue weighted by Crippen LogP contribution is 2.47. The van der Waals surface area contributed by atoms with Gasteiger partial charge in [-0.1, -0.05) is 11.8 Å². The minimum atomic E-state index is -1.64. The first-order valence-corrected chi connectivity index (χ1v) is 13.5. The Morgan fingerprint density at radius 1 is 1.29 bits per heavy atom. The molecule has 4 heterocycles. The molecule has 0 bridgehead atoms. The summed E-state index contributed by atoms with van der Waals surface area (Å²) in [4.78, 5) is 39.1. The van der Waals surface area contributed by atoms with Gasteiger partial charge in [-0.15, -0.1) is 33.7 Å². The summed E-state index contributed by atoms with van der Waals surface area (Å²) < 4.78 is 8.61. The predicted molar refractivity (Wildman–Crippen MR) is 125 cm³/mol. The van der Waals surface area contributed by atoms with Gasteiger partial charge in [0.15, 0.2) is 0 Å². The van der Waals surface area contributed by atoms with Crippen molar-refractivity contribution in [2.24, 2.45) is 0 Å². The summed E-state index contributed by atoms with van der Waals surface area (Å²) >= 11 is 3.88. The number of carbonyl (C=O) groups excluding carboxylic acids is 2. The fraction of sp³-hybridized carbons (Fsp3) is 0.588. The van der Waals surface area contributed by atoms with Crippen LogP contribution in [0.25, 0.3) is 0 Å². The first-order chi connectivity index (χ1) is 16.8. The second-order valence-corrected chi connectivity index (χ2v) is 10.3. The number of carboxylic acid groups (broad SMARTS) is 1. The molecule has 2 unspecified atom stereocenters. The van der Waals surface area contributed by atoms with Crippen LogP contribution in [0.3, 0.4) is 0 Å². The monoisotopic (exact) mass is 542 g/mol. The Kier molecular flexibility index (Phi) is 7.62. The lowest BCUT2D eigenvalue weighted by Crippen LogP contribution is -2.80. The first kappa shape index (κ1) is 25.4. The zero-order chi connectivity index (χ0) is 25.2. The van der Waals surface area contributed by atoms with Crippen LogP contribution in [-0.2, 0) is 31.5 Å². The van der Waals surface area contributed by atoms with Crippen molar-refractivity contribution in [3.8, 4) is 0 Å². The molecule has 2 atom stereocenters. The molecule has 18 heteroatoms. The second kappa shape index (κ2) is 10.5. The van der Waals surface area contributed by atoms with E-state index >= 15 is 0 Å². The number of ether oxygens (including phenoxy) is 1. The number of nitrogens with one attached hydrogen (secondary N) is 1. The summed E-state index contributed by atoms with van der Waals surface area (Å²) in [5.74, 6) is -0.643. The smallest absolute Gasteiger partial charge is 0.352 e. The van der Waals surface area contributed by atoms with Gasteiger partial charge in [0.1, 0.15) is 16.9 Å². The summed E-state index contributed by atoms with van der Waals surface area (Å²) in [6.45, 7) is 4.21. The molecule has 0 aromatic carbocycles. The van der Waals surface area contributed by atoms with Crippen molar-refractivity contribution >= 4 is 53.1 Å². The number of amides is 2. The summed E-state index contributed by atoms with van der Waals surface area (Å²) in [5, 5.41) is 35.0. The number of β-lactam (4-membered cyclic amide) rings is 1. The van der Waals surface area contributed by atoms with Crippen molar-refractivity contribution in [2.45, 2.75) is 42.5 Å². The normalized spacial score (nSPS) is 21.6.